The molecule has 0 radical (unpaired) electrons. The fraction of sp³-hybridized carbons (Fsp3) is 0.174. The zero-order valence-electron chi connectivity index (χ0n) is 15.2. The Morgan fingerprint density at radius 2 is 1.61 bits per heavy atom. The number of carbonyl (C=O) groups excluding carboxylic acids is 1. The van der Waals surface area contributed by atoms with E-state index in [1.165, 1.54) is 17.7 Å². The molecular weight excluding hydrogens is 352 g/mol. The highest BCUT2D eigenvalue weighted by atomic mass is 16.6. The zero-order valence-corrected chi connectivity index (χ0v) is 15.2. The van der Waals surface area contributed by atoms with Crippen molar-refractivity contribution in [1.29, 1.82) is 0 Å². The van der Waals surface area contributed by atoms with Crippen molar-refractivity contribution in [3.63, 3.8) is 0 Å². The highest BCUT2D eigenvalue weighted by Crippen LogP contribution is 2.44. The lowest BCUT2D eigenvalue weighted by Gasteiger charge is -2.38. The van der Waals surface area contributed by atoms with Crippen LogP contribution in [0.2, 0.25) is 0 Å². The topological polar surface area (TPSA) is 72.2 Å². The predicted molar refractivity (Wildman–Crippen MR) is 108 cm³/mol. The molecule has 1 aliphatic carbocycles. The fourth-order valence-corrected chi connectivity index (χ4v) is 4.08. The lowest BCUT2D eigenvalue weighted by atomic mass is 9.70. The number of aldehydes is 1. The molecule has 0 aliphatic heterocycles. The third kappa shape index (κ3) is 3.39. The summed E-state index contributed by atoms with van der Waals surface area (Å²) in [7, 11) is 0. The summed E-state index contributed by atoms with van der Waals surface area (Å²) < 4.78 is 0. The van der Waals surface area contributed by atoms with Gasteiger partial charge in [-0.2, -0.15) is 0 Å². The van der Waals surface area contributed by atoms with E-state index < -0.39 is 4.92 Å². The smallest absolute Gasteiger partial charge is 0.269 e. The number of nitrogens with one attached hydrogen (secondary N) is 1. The fourth-order valence-electron chi connectivity index (χ4n) is 4.08. The van der Waals surface area contributed by atoms with E-state index in [1.807, 2.05) is 42.5 Å². The first-order valence-electron chi connectivity index (χ1n) is 9.26. The van der Waals surface area contributed by atoms with Crippen LogP contribution < -0.4 is 5.32 Å². The second-order valence-corrected chi connectivity index (χ2v) is 7.06. The number of fused-ring (bicyclic) bond motifs is 1. The van der Waals surface area contributed by atoms with Crippen LogP contribution in [0.25, 0.3) is 0 Å². The molecule has 4 rings (SSSR count). The summed E-state index contributed by atoms with van der Waals surface area (Å²) in [6.45, 7) is 0. The number of nitro groups is 1. The molecular formula is C23H20N2O3. The quantitative estimate of drug-likeness (QED) is 0.393. The normalized spacial score (nSPS) is 20.8. The average Bonchev–Trinajstić information content (AvgIpc) is 2.74. The van der Waals surface area contributed by atoms with Crippen molar-refractivity contribution in [3.05, 3.63) is 106 Å². The van der Waals surface area contributed by atoms with Gasteiger partial charge in [-0.25, -0.2) is 0 Å². The molecule has 3 atom stereocenters. The molecule has 0 fully saturated rings. The summed E-state index contributed by atoms with van der Waals surface area (Å²) in [5, 5.41) is 14.5. The lowest BCUT2D eigenvalue weighted by molar-refractivity contribution is -0.384. The van der Waals surface area contributed by atoms with E-state index in [2.05, 4.69) is 17.4 Å². The second kappa shape index (κ2) is 7.64. The minimum Gasteiger partial charge on any atom is -0.377 e. The zero-order chi connectivity index (χ0) is 19.5. The summed E-state index contributed by atoms with van der Waals surface area (Å²) in [4.78, 5) is 22.7. The first-order valence-corrected chi connectivity index (χ1v) is 9.26. The van der Waals surface area contributed by atoms with Crippen LogP contribution >= 0.6 is 0 Å². The molecule has 5 nitrogen and oxygen atoms in total. The van der Waals surface area contributed by atoms with Crippen LogP contribution in [0.4, 0.5) is 11.4 Å². The first kappa shape index (κ1) is 17.9. The molecule has 3 aromatic rings. The van der Waals surface area contributed by atoms with Crippen molar-refractivity contribution < 1.29 is 9.72 Å². The van der Waals surface area contributed by atoms with Crippen LogP contribution in [-0.2, 0) is 11.2 Å². The third-order valence-corrected chi connectivity index (χ3v) is 5.46. The van der Waals surface area contributed by atoms with Crippen LogP contribution in [0, 0.1) is 16.0 Å². The van der Waals surface area contributed by atoms with Crippen LogP contribution in [0.1, 0.15) is 28.7 Å². The van der Waals surface area contributed by atoms with E-state index in [0.29, 0.717) is 0 Å². The molecule has 0 heterocycles. The Morgan fingerprint density at radius 1 is 0.929 bits per heavy atom. The summed E-state index contributed by atoms with van der Waals surface area (Å²) in [6, 6.07) is 24.4. The number of non-ortho nitro benzene ring substituents is 1. The molecule has 1 aliphatic rings. The monoisotopic (exact) mass is 372 g/mol. The van der Waals surface area contributed by atoms with Crippen LogP contribution in [-0.4, -0.2) is 11.2 Å². The number of benzene rings is 3. The number of nitrogens with zero attached hydrogens (tertiary/aromatic N) is 1. The van der Waals surface area contributed by atoms with E-state index in [4.69, 9.17) is 0 Å². The summed E-state index contributed by atoms with van der Waals surface area (Å²) in [5.74, 6) is -0.328. The van der Waals surface area contributed by atoms with E-state index in [1.54, 1.807) is 12.1 Å². The van der Waals surface area contributed by atoms with Gasteiger partial charge in [-0.1, -0.05) is 54.6 Å². The number of hydrogen-bond donors (Lipinski definition) is 1. The number of para-hydroxylation sites is 1. The molecule has 140 valence electrons. The molecule has 0 bridgehead atoms. The number of rotatable bonds is 5. The lowest BCUT2D eigenvalue weighted by Crippen LogP contribution is -2.33. The molecule has 0 unspecified atom stereocenters. The highest BCUT2D eigenvalue weighted by molar-refractivity contribution is 5.63. The van der Waals surface area contributed by atoms with E-state index in [-0.39, 0.29) is 23.6 Å². The summed E-state index contributed by atoms with van der Waals surface area (Å²) in [6.07, 6.45) is 1.74. The molecule has 0 amide bonds. The van der Waals surface area contributed by atoms with Crippen LogP contribution in [0.3, 0.4) is 0 Å². The van der Waals surface area contributed by atoms with Gasteiger partial charge in [0.25, 0.3) is 5.69 Å². The van der Waals surface area contributed by atoms with Crippen molar-refractivity contribution in [2.24, 2.45) is 5.92 Å². The number of anilines is 1. The number of hydrogen-bond acceptors (Lipinski definition) is 4. The number of nitro benzene ring substituents is 1. The maximum atomic E-state index is 12.2. The first-order chi connectivity index (χ1) is 13.7. The minimum absolute atomic E-state index is 0.0468. The Kier molecular flexibility index (Phi) is 4.89. The van der Waals surface area contributed by atoms with E-state index in [0.717, 1.165) is 29.5 Å². The van der Waals surface area contributed by atoms with Gasteiger partial charge in [0.1, 0.15) is 6.29 Å². The van der Waals surface area contributed by atoms with Crippen molar-refractivity contribution in [2.45, 2.75) is 18.4 Å². The summed E-state index contributed by atoms with van der Waals surface area (Å²) in [5.41, 5.74) is 4.27. The Bertz CT molecular complexity index is 986. The second-order valence-electron chi connectivity index (χ2n) is 7.06. The summed E-state index contributed by atoms with van der Waals surface area (Å²) >= 11 is 0. The van der Waals surface area contributed by atoms with Crippen molar-refractivity contribution in [2.75, 3.05) is 5.32 Å². The Hall–Kier alpha value is -3.47. The van der Waals surface area contributed by atoms with Crippen LogP contribution in [0.5, 0.6) is 0 Å². The van der Waals surface area contributed by atoms with Gasteiger partial charge < -0.3 is 10.1 Å². The highest BCUT2D eigenvalue weighted by Gasteiger charge is 2.37. The van der Waals surface area contributed by atoms with Crippen molar-refractivity contribution in [3.8, 4) is 0 Å². The van der Waals surface area contributed by atoms with Crippen molar-refractivity contribution >= 4 is 17.7 Å². The molecule has 28 heavy (non-hydrogen) atoms. The third-order valence-electron chi connectivity index (χ3n) is 5.46. The largest absolute Gasteiger partial charge is 0.377 e. The minimum atomic E-state index is -0.406. The Labute approximate surface area is 163 Å². The van der Waals surface area contributed by atoms with Gasteiger partial charge in [0, 0.05) is 23.7 Å². The van der Waals surface area contributed by atoms with E-state index >= 15 is 0 Å². The molecule has 0 saturated carbocycles. The standard InChI is InChI=1S/C23H20N2O3/c26-15-22-21(16-10-12-19(13-11-16)25(27)28)14-17-6-4-5-9-20(17)23(22)24-18-7-2-1-3-8-18/h1-13,15,21-24H,14H2/t21-,22-,23+/m0/s1. The molecule has 3 aromatic carbocycles. The Morgan fingerprint density at radius 3 is 2.29 bits per heavy atom. The molecule has 1 N–H and O–H groups in total. The maximum absolute atomic E-state index is 12.2. The predicted octanol–water partition coefficient (Wildman–Crippen LogP) is 4.90. The van der Waals surface area contributed by atoms with Gasteiger partial charge in [0.2, 0.25) is 0 Å². The van der Waals surface area contributed by atoms with Gasteiger partial charge in [-0.3, -0.25) is 10.1 Å². The number of carbonyl (C=O) groups is 1. The maximum Gasteiger partial charge on any atom is 0.269 e. The average molecular weight is 372 g/mol. The van der Waals surface area contributed by atoms with Gasteiger partial charge in [0.15, 0.2) is 0 Å². The molecule has 5 heteroatoms. The van der Waals surface area contributed by atoms with Crippen LogP contribution in [0.15, 0.2) is 78.9 Å². The van der Waals surface area contributed by atoms with Crippen molar-refractivity contribution in [1.82, 2.24) is 0 Å². The molecule has 0 aromatic heterocycles. The Balaban J connectivity index is 1.74. The molecule has 0 spiro atoms. The van der Waals surface area contributed by atoms with E-state index in [9.17, 15) is 14.9 Å². The molecule has 0 saturated heterocycles. The van der Waals surface area contributed by atoms with Gasteiger partial charge in [-0.15, -0.1) is 0 Å². The van der Waals surface area contributed by atoms with Gasteiger partial charge >= 0.3 is 0 Å². The SMILES string of the molecule is O=C[C@@H]1[C@H](Nc2ccccc2)c2ccccc2C[C@H]1c1ccc([N+](=O)[O-])cc1. The van der Waals surface area contributed by atoms with Gasteiger partial charge in [-0.05, 0) is 41.2 Å². The van der Waals surface area contributed by atoms with Gasteiger partial charge in [0.05, 0.1) is 11.0 Å².